The molecule has 1 radical (unpaired) electrons. The van der Waals surface area contributed by atoms with Crippen LogP contribution in [0, 0.1) is 6.07 Å². The lowest BCUT2D eigenvalue weighted by molar-refractivity contribution is 0.399. The Morgan fingerprint density at radius 3 is 3.36 bits per heavy atom. The van der Waals surface area contributed by atoms with E-state index < -0.39 is 0 Å². The number of ether oxygens (including phenoxy) is 1. The number of H-pyrrole nitrogens is 1. The molecule has 11 heavy (non-hydrogen) atoms. The highest BCUT2D eigenvalue weighted by atomic mass is 16.5. The van der Waals surface area contributed by atoms with Gasteiger partial charge in [0, 0.05) is 23.7 Å². The van der Waals surface area contributed by atoms with Crippen LogP contribution in [0.2, 0.25) is 0 Å². The third-order valence-electron chi connectivity index (χ3n) is 1.54. The van der Waals surface area contributed by atoms with Crippen LogP contribution in [0.15, 0.2) is 18.5 Å². The Labute approximate surface area is 64.0 Å². The van der Waals surface area contributed by atoms with E-state index in [1.54, 1.807) is 19.5 Å². The molecule has 2 aromatic heterocycles. The predicted molar refractivity (Wildman–Crippen MR) is 41.5 cm³/mol. The number of hydrogen-bond donors (Lipinski definition) is 1. The van der Waals surface area contributed by atoms with Gasteiger partial charge in [-0.2, -0.15) is 0 Å². The highest BCUT2D eigenvalue weighted by molar-refractivity contribution is 5.78. The molecular weight excluding hydrogens is 140 g/mol. The smallest absolute Gasteiger partial charge is 0.213 e. The minimum atomic E-state index is 0.619. The summed E-state index contributed by atoms with van der Waals surface area (Å²) in [5.74, 6) is 0.619. The third-order valence-corrected chi connectivity index (χ3v) is 1.54. The van der Waals surface area contributed by atoms with Gasteiger partial charge in [-0.05, 0) is 0 Å². The Morgan fingerprint density at radius 2 is 2.55 bits per heavy atom. The van der Waals surface area contributed by atoms with Crippen molar-refractivity contribution in [3.05, 3.63) is 24.5 Å². The number of nitrogens with one attached hydrogen (secondary N) is 1. The molecule has 0 bridgehead atoms. The van der Waals surface area contributed by atoms with E-state index in [4.69, 9.17) is 4.74 Å². The molecule has 2 aromatic rings. The largest absolute Gasteiger partial charge is 0.481 e. The van der Waals surface area contributed by atoms with Crippen LogP contribution in [0.1, 0.15) is 0 Å². The molecular formula is C8H7N2O. The molecule has 0 aliphatic carbocycles. The van der Waals surface area contributed by atoms with Crippen LogP contribution in [0.3, 0.4) is 0 Å². The first-order valence-corrected chi connectivity index (χ1v) is 3.29. The Morgan fingerprint density at radius 1 is 1.64 bits per heavy atom. The molecule has 0 saturated carbocycles. The maximum absolute atomic E-state index is 4.95. The van der Waals surface area contributed by atoms with Gasteiger partial charge in [0.25, 0.3) is 0 Å². The summed E-state index contributed by atoms with van der Waals surface area (Å²) in [6.07, 6.45) is 3.48. The second-order valence-electron chi connectivity index (χ2n) is 2.21. The van der Waals surface area contributed by atoms with E-state index in [2.05, 4.69) is 16.0 Å². The van der Waals surface area contributed by atoms with E-state index >= 15 is 0 Å². The summed E-state index contributed by atoms with van der Waals surface area (Å²) < 4.78 is 4.95. The van der Waals surface area contributed by atoms with Gasteiger partial charge in [0.15, 0.2) is 0 Å². The van der Waals surface area contributed by atoms with Crippen molar-refractivity contribution >= 4 is 10.9 Å². The SMILES string of the molecule is COc1cc2[c]c[nH]c2cn1. The summed E-state index contributed by atoms with van der Waals surface area (Å²) in [5, 5.41) is 0.997. The average Bonchev–Trinajstić information content (AvgIpc) is 2.50. The van der Waals surface area contributed by atoms with Gasteiger partial charge in [-0.15, -0.1) is 0 Å². The van der Waals surface area contributed by atoms with Crippen molar-refractivity contribution in [3.63, 3.8) is 0 Å². The molecule has 0 aromatic carbocycles. The van der Waals surface area contributed by atoms with Gasteiger partial charge in [-0.1, -0.05) is 0 Å². The number of nitrogens with zero attached hydrogens (tertiary/aromatic N) is 1. The van der Waals surface area contributed by atoms with Crippen LogP contribution in [-0.2, 0) is 0 Å². The lowest BCUT2D eigenvalue weighted by Crippen LogP contribution is -1.85. The summed E-state index contributed by atoms with van der Waals surface area (Å²) in [6.45, 7) is 0. The molecule has 0 aliphatic heterocycles. The van der Waals surface area contributed by atoms with E-state index in [1.165, 1.54) is 0 Å². The van der Waals surface area contributed by atoms with Gasteiger partial charge < -0.3 is 9.72 Å². The molecule has 0 atom stereocenters. The van der Waals surface area contributed by atoms with E-state index in [-0.39, 0.29) is 0 Å². The zero-order valence-corrected chi connectivity index (χ0v) is 6.09. The quantitative estimate of drug-likeness (QED) is 0.661. The Balaban J connectivity index is 2.67. The molecule has 2 rings (SSSR count). The number of aromatic nitrogens is 2. The zero-order chi connectivity index (χ0) is 7.68. The number of rotatable bonds is 1. The van der Waals surface area contributed by atoms with E-state index in [0.29, 0.717) is 5.88 Å². The molecule has 1 N–H and O–H groups in total. The van der Waals surface area contributed by atoms with Crippen LogP contribution in [0.25, 0.3) is 10.9 Å². The molecule has 55 valence electrons. The predicted octanol–water partition coefficient (Wildman–Crippen LogP) is 1.37. The number of methoxy groups -OCH3 is 1. The molecule has 3 heteroatoms. The summed E-state index contributed by atoms with van der Waals surface area (Å²) >= 11 is 0. The van der Waals surface area contributed by atoms with Crippen molar-refractivity contribution in [2.75, 3.05) is 7.11 Å². The van der Waals surface area contributed by atoms with Gasteiger partial charge in [0.2, 0.25) is 5.88 Å². The van der Waals surface area contributed by atoms with Gasteiger partial charge in [0.05, 0.1) is 18.8 Å². The number of fused-ring (bicyclic) bond motifs is 1. The minimum Gasteiger partial charge on any atom is -0.481 e. The van der Waals surface area contributed by atoms with Crippen molar-refractivity contribution in [1.29, 1.82) is 0 Å². The van der Waals surface area contributed by atoms with Crippen LogP contribution < -0.4 is 4.74 Å². The first-order chi connectivity index (χ1) is 5.40. The first-order valence-electron chi connectivity index (χ1n) is 3.29. The molecule has 0 unspecified atom stereocenters. The summed E-state index contributed by atoms with van der Waals surface area (Å²) in [4.78, 5) is 7.02. The van der Waals surface area contributed by atoms with E-state index in [0.717, 1.165) is 10.9 Å². The van der Waals surface area contributed by atoms with E-state index in [9.17, 15) is 0 Å². The third kappa shape index (κ3) is 0.941. The van der Waals surface area contributed by atoms with Crippen LogP contribution in [-0.4, -0.2) is 17.1 Å². The Hall–Kier alpha value is -1.51. The van der Waals surface area contributed by atoms with Crippen molar-refractivity contribution in [2.24, 2.45) is 0 Å². The van der Waals surface area contributed by atoms with Crippen molar-refractivity contribution < 1.29 is 4.74 Å². The van der Waals surface area contributed by atoms with Crippen LogP contribution in [0.5, 0.6) is 5.88 Å². The average molecular weight is 147 g/mol. The van der Waals surface area contributed by atoms with Crippen molar-refractivity contribution in [1.82, 2.24) is 9.97 Å². The fraction of sp³-hybridized carbons (Fsp3) is 0.125. The summed E-state index contributed by atoms with van der Waals surface area (Å²) in [7, 11) is 1.60. The molecule has 2 heterocycles. The van der Waals surface area contributed by atoms with E-state index in [1.807, 2.05) is 6.07 Å². The zero-order valence-electron chi connectivity index (χ0n) is 6.09. The number of pyridine rings is 1. The molecule has 0 fully saturated rings. The van der Waals surface area contributed by atoms with Crippen LogP contribution in [0.4, 0.5) is 0 Å². The van der Waals surface area contributed by atoms with Crippen LogP contribution >= 0.6 is 0 Å². The number of hydrogen-bond acceptors (Lipinski definition) is 2. The lowest BCUT2D eigenvalue weighted by atomic mass is 10.3. The Bertz CT molecular complexity index is 367. The fourth-order valence-corrected chi connectivity index (χ4v) is 0.974. The lowest BCUT2D eigenvalue weighted by Gasteiger charge is -1.95. The molecule has 0 aliphatic rings. The standard InChI is InChI=1S/C8H7N2O/c1-11-8-4-6-2-3-9-7(6)5-10-8/h3-5,9H,1H3. The van der Waals surface area contributed by atoms with Gasteiger partial charge >= 0.3 is 0 Å². The van der Waals surface area contributed by atoms with Crippen molar-refractivity contribution in [3.8, 4) is 5.88 Å². The second kappa shape index (κ2) is 2.27. The molecule has 0 saturated heterocycles. The minimum absolute atomic E-state index is 0.619. The summed E-state index contributed by atoms with van der Waals surface area (Å²) in [5.41, 5.74) is 0.978. The van der Waals surface area contributed by atoms with Gasteiger partial charge in [0.1, 0.15) is 0 Å². The van der Waals surface area contributed by atoms with Gasteiger partial charge in [-0.25, -0.2) is 4.98 Å². The highest BCUT2D eigenvalue weighted by Crippen LogP contribution is 2.14. The Kier molecular flexibility index (Phi) is 1.28. The highest BCUT2D eigenvalue weighted by Gasteiger charge is 1.96. The molecule has 0 spiro atoms. The first kappa shape index (κ1) is 6.22. The fourth-order valence-electron chi connectivity index (χ4n) is 0.974. The maximum Gasteiger partial charge on any atom is 0.213 e. The van der Waals surface area contributed by atoms with Crippen molar-refractivity contribution in [2.45, 2.75) is 0 Å². The molecule has 3 nitrogen and oxygen atoms in total. The topological polar surface area (TPSA) is 37.9 Å². The normalized spacial score (nSPS) is 10.3. The summed E-state index contributed by atoms with van der Waals surface area (Å²) in [6, 6.07) is 4.86. The molecule has 0 amide bonds. The second-order valence-corrected chi connectivity index (χ2v) is 2.21. The van der Waals surface area contributed by atoms with Gasteiger partial charge in [-0.3, -0.25) is 0 Å². The maximum atomic E-state index is 4.95. The number of aromatic amines is 1. The monoisotopic (exact) mass is 147 g/mol.